The second-order valence-electron chi connectivity index (χ2n) is 4.97. The summed E-state index contributed by atoms with van der Waals surface area (Å²) in [6.07, 6.45) is 2.27. The van der Waals surface area contributed by atoms with Crippen LogP contribution < -0.4 is 0 Å². The van der Waals surface area contributed by atoms with E-state index in [9.17, 15) is 4.79 Å². The van der Waals surface area contributed by atoms with Gasteiger partial charge in [0, 0.05) is 5.54 Å². The summed E-state index contributed by atoms with van der Waals surface area (Å²) in [6.45, 7) is 4.13. The van der Waals surface area contributed by atoms with Gasteiger partial charge >= 0.3 is 5.97 Å². The van der Waals surface area contributed by atoms with Crippen LogP contribution in [0.2, 0.25) is 0 Å². The lowest BCUT2D eigenvalue weighted by molar-refractivity contribution is 0.0699. The van der Waals surface area contributed by atoms with Crippen molar-refractivity contribution < 1.29 is 9.90 Å². The molecule has 0 bridgehead atoms. The minimum absolute atomic E-state index is 0.135. The molecule has 2 aromatic rings. The van der Waals surface area contributed by atoms with Gasteiger partial charge in [0.2, 0.25) is 0 Å². The number of fused-ring (bicyclic) bond motifs is 1. The first-order valence-corrected chi connectivity index (χ1v) is 5.75. The number of nitrogens with zero attached hydrogens (tertiary/aromatic N) is 2. The topological polar surface area (TPSA) is 55.1 Å². The van der Waals surface area contributed by atoms with E-state index < -0.39 is 5.97 Å². The summed E-state index contributed by atoms with van der Waals surface area (Å²) in [5.74, 6) is -0.0186. The molecular formula is C13H14N2O2. The molecule has 17 heavy (non-hydrogen) atoms. The molecule has 0 unspecified atom stereocenters. The van der Waals surface area contributed by atoms with E-state index >= 15 is 0 Å². The number of carbonyl (C=O) groups is 1. The highest BCUT2D eigenvalue weighted by Gasteiger charge is 2.41. The molecule has 1 fully saturated rings. The normalized spacial score (nSPS) is 17.3. The van der Waals surface area contributed by atoms with E-state index in [-0.39, 0.29) is 11.1 Å². The van der Waals surface area contributed by atoms with Crippen LogP contribution in [0.15, 0.2) is 18.2 Å². The fraction of sp³-hybridized carbons (Fsp3) is 0.385. The van der Waals surface area contributed by atoms with E-state index in [1.165, 1.54) is 0 Å². The van der Waals surface area contributed by atoms with Gasteiger partial charge in [-0.2, -0.15) is 0 Å². The van der Waals surface area contributed by atoms with Gasteiger partial charge in [0.05, 0.1) is 11.1 Å². The number of aromatic nitrogens is 2. The second kappa shape index (κ2) is 3.09. The molecule has 1 aliphatic rings. The zero-order chi connectivity index (χ0) is 12.2. The summed E-state index contributed by atoms with van der Waals surface area (Å²) >= 11 is 0. The molecule has 0 radical (unpaired) electrons. The Hall–Kier alpha value is -1.84. The van der Waals surface area contributed by atoms with Gasteiger partial charge in [-0.25, -0.2) is 9.78 Å². The molecule has 3 rings (SSSR count). The average molecular weight is 230 g/mol. The monoisotopic (exact) mass is 230 g/mol. The Morgan fingerprint density at radius 3 is 2.76 bits per heavy atom. The standard InChI is InChI=1S/C13H14N2O2/c1-8-14-11-9(12(16)17)4-3-5-10(11)15(8)13(2)6-7-13/h3-5H,6-7H2,1-2H3,(H,16,17). The van der Waals surface area contributed by atoms with E-state index in [1.54, 1.807) is 12.1 Å². The maximum atomic E-state index is 11.2. The Morgan fingerprint density at radius 1 is 1.47 bits per heavy atom. The van der Waals surface area contributed by atoms with Crippen LogP contribution >= 0.6 is 0 Å². The van der Waals surface area contributed by atoms with Crippen molar-refractivity contribution in [1.29, 1.82) is 0 Å². The number of imidazole rings is 1. The lowest BCUT2D eigenvalue weighted by Gasteiger charge is -2.14. The molecule has 1 aliphatic carbocycles. The first kappa shape index (κ1) is 10.3. The summed E-state index contributed by atoms with van der Waals surface area (Å²) < 4.78 is 2.18. The van der Waals surface area contributed by atoms with Crippen molar-refractivity contribution in [2.75, 3.05) is 0 Å². The van der Waals surface area contributed by atoms with Gasteiger partial charge in [0.25, 0.3) is 0 Å². The Morgan fingerprint density at radius 2 is 2.18 bits per heavy atom. The summed E-state index contributed by atoms with van der Waals surface area (Å²) in [7, 11) is 0. The Kier molecular flexibility index (Phi) is 1.88. The van der Waals surface area contributed by atoms with Crippen molar-refractivity contribution in [2.45, 2.75) is 32.2 Å². The molecule has 4 heteroatoms. The quantitative estimate of drug-likeness (QED) is 0.862. The van der Waals surface area contributed by atoms with Crippen molar-refractivity contribution in [1.82, 2.24) is 9.55 Å². The van der Waals surface area contributed by atoms with Crippen LogP contribution in [0.3, 0.4) is 0 Å². The van der Waals surface area contributed by atoms with Crippen LogP contribution in [0.4, 0.5) is 0 Å². The van der Waals surface area contributed by atoms with Crippen LogP contribution in [0.25, 0.3) is 11.0 Å². The van der Waals surface area contributed by atoms with Crippen LogP contribution in [0.1, 0.15) is 35.9 Å². The van der Waals surface area contributed by atoms with Crippen molar-refractivity contribution in [3.8, 4) is 0 Å². The van der Waals surface area contributed by atoms with Gasteiger partial charge in [-0.3, -0.25) is 0 Å². The number of aromatic carboxylic acids is 1. The Bertz CT molecular complexity index is 624. The zero-order valence-corrected chi connectivity index (χ0v) is 9.90. The third kappa shape index (κ3) is 1.37. The first-order chi connectivity index (χ1) is 8.03. The van der Waals surface area contributed by atoms with E-state index in [1.807, 2.05) is 13.0 Å². The van der Waals surface area contributed by atoms with Crippen LogP contribution in [0, 0.1) is 6.92 Å². The van der Waals surface area contributed by atoms with Crippen molar-refractivity contribution in [3.05, 3.63) is 29.6 Å². The Labute approximate surface area is 98.9 Å². The molecule has 1 aromatic heterocycles. The minimum atomic E-state index is -0.916. The highest BCUT2D eigenvalue weighted by molar-refractivity contribution is 6.01. The molecule has 0 spiro atoms. The van der Waals surface area contributed by atoms with Crippen LogP contribution in [-0.2, 0) is 5.54 Å². The second-order valence-corrected chi connectivity index (χ2v) is 4.97. The number of hydrogen-bond donors (Lipinski definition) is 1. The molecule has 1 aromatic carbocycles. The number of carboxylic acid groups (broad SMARTS) is 1. The largest absolute Gasteiger partial charge is 0.478 e. The molecule has 0 aliphatic heterocycles. The van der Waals surface area contributed by atoms with Gasteiger partial charge in [-0.1, -0.05) is 6.07 Å². The number of carboxylic acids is 1. The maximum Gasteiger partial charge on any atom is 0.337 e. The van der Waals surface area contributed by atoms with Crippen molar-refractivity contribution in [2.24, 2.45) is 0 Å². The highest BCUT2D eigenvalue weighted by atomic mass is 16.4. The molecule has 1 heterocycles. The minimum Gasteiger partial charge on any atom is -0.478 e. The third-order valence-electron chi connectivity index (χ3n) is 3.60. The van der Waals surface area contributed by atoms with E-state index in [0.29, 0.717) is 5.52 Å². The predicted octanol–water partition coefficient (Wildman–Crippen LogP) is 2.55. The molecule has 4 nitrogen and oxygen atoms in total. The summed E-state index contributed by atoms with van der Waals surface area (Å²) in [5.41, 5.74) is 1.96. The SMILES string of the molecule is Cc1nc2c(C(=O)O)cccc2n1C1(C)CC1. The van der Waals surface area contributed by atoms with Crippen molar-refractivity contribution >= 4 is 17.0 Å². The summed E-state index contributed by atoms with van der Waals surface area (Å²) in [5, 5.41) is 9.15. The number of aryl methyl sites for hydroxylation is 1. The lowest BCUT2D eigenvalue weighted by Crippen LogP contribution is -2.13. The number of para-hydroxylation sites is 1. The highest BCUT2D eigenvalue weighted by Crippen LogP contribution is 2.45. The van der Waals surface area contributed by atoms with E-state index in [4.69, 9.17) is 5.11 Å². The first-order valence-electron chi connectivity index (χ1n) is 5.75. The molecule has 1 N–H and O–H groups in total. The fourth-order valence-corrected chi connectivity index (χ4v) is 2.47. The number of benzene rings is 1. The van der Waals surface area contributed by atoms with Crippen LogP contribution in [0.5, 0.6) is 0 Å². The molecule has 1 saturated carbocycles. The predicted molar refractivity (Wildman–Crippen MR) is 64.3 cm³/mol. The fourth-order valence-electron chi connectivity index (χ4n) is 2.47. The van der Waals surface area contributed by atoms with E-state index in [0.717, 1.165) is 24.2 Å². The maximum absolute atomic E-state index is 11.2. The van der Waals surface area contributed by atoms with Gasteiger partial charge in [0.15, 0.2) is 0 Å². The zero-order valence-electron chi connectivity index (χ0n) is 9.90. The molecule has 0 saturated heterocycles. The number of rotatable bonds is 2. The molecular weight excluding hydrogens is 216 g/mol. The Balaban J connectivity index is 2.35. The third-order valence-corrected chi connectivity index (χ3v) is 3.60. The molecule has 88 valence electrons. The van der Waals surface area contributed by atoms with Crippen LogP contribution in [-0.4, -0.2) is 20.6 Å². The summed E-state index contributed by atoms with van der Waals surface area (Å²) in [4.78, 5) is 15.6. The van der Waals surface area contributed by atoms with Gasteiger partial charge in [0.1, 0.15) is 11.3 Å². The smallest absolute Gasteiger partial charge is 0.337 e. The average Bonchev–Trinajstić information content (AvgIpc) is 2.90. The molecule has 0 atom stereocenters. The lowest BCUT2D eigenvalue weighted by atomic mass is 10.2. The van der Waals surface area contributed by atoms with Gasteiger partial charge in [-0.15, -0.1) is 0 Å². The van der Waals surface area contributed by atoms with Gasteiger partial charge in [-0.05, 0) is 38.8 Å². The summed E-state index contributed by atoms with van der Waals surface area (Å²) in [6, 6.07) is 5.34. The number of hydrogen-bond acceptors (Lipinski definition) is 2. The molecule has 0 amide bonds. The van der Waals surface area contributed by atoms with Crippen molar-refractivity contribution in [3.63, 3.8) is 0 Å². The van der Waals surface area contributed by atoms with Gasteiger partial charge < -0.3 is 9.67 Å². The van der Waals surface area contributed by atoms with E-state index in [2.05, 4.69) is 16.5 Å².